The Bertz CT molecular complexity index is 891. The van der Waals surface area contributed by atoms with Crippen molar-refractivity contribution in [3.63, 3.8) is 0 Å². The van der Waals surface area contributed by atoms with Gasteiger partial charge in [-0.05, 0) is 49.0 Å². The molecule has 2 aromatic carbocycles. The minimum Gasteiger partial charge on any atom is -0.467 e. The van der Waals surface area contributed by atoms with Gasteiger partial charge in [0, 0.05) is 17.8 Å². The zero-order chi connectivity index (χ0) is 19.8. The van der Waals surface area contributed by atoms with Crippen LogP contribution >= 0.6 is 0 Å². The van der Waals surface area contributed by atoms with Crippen LogP contribution in [-0.4, -0.2) is 30.3 Å². The zero-order valence-electron chi connectivity index (χ0n) is 15.7. The van der Waals surface area contributed by atoms with Crippen molar-refractivity contribution in [1.29, 1.82) is 0 Å². The molecule has 0 radical (unpaired) electrons. The highest BCUT2D eigenvalue weighted by Crippen LogP contribution is 2.10. The Labute approximate surface area is 164 Å². The van der Waals surface area contributed by atoms with Crippen molar-refractivity contribution in [3.05, 3.63) is 89.9 Å². The second kappa shape index (κ2) is 9.53. The fourth-order valence-electron chi connectivity index (χ4n) is 2.78. The molecular weight excluding hydrogens is 354 g/mol. The Morgan fingerprint density at radius 2 is 1.71 bits per heavy atom. The summed E-state index contributed by atoms with van der Waals surface area (Å²) in [7, 11) is 1.90. The number of anilines is 1. The van der Waals surface area contributed by atoms with Crippen molar-refractivity contribution < 1.29 is 14.0 Å². The summed E-state index contributed by atoms with van der Waals surface area (Å²) >= 11 is 0. The number of carbonyl (C=O) groups excluding carboxylic acids is 2. The quantitative estimate of drug-likeness (QED) is 0.632. The Kier molecular flexibility index (Phi) is 6.59. The van der Waals surface area contributed by atoms with Crippen LogP contribution in [-0.2, 0) is 17.9 Å². The molecule has 28 heavy (non-hydrogen) atoms. The highest BCUT2D eigenvalue weighted by atomic mass is 16.3. The van der Waals surface area contributed by atoms with Gasteiger partial charge in [0.25, 0.3) is 5.91 Å². The number of furan rings is 1. The minimum absolute atomic E-state index is 0.103. The second-order valence-corrected chi connectivity index (χ2v) is 6.55. The minimum atomic E-state index is -0.197. The average molecular weight is 377 g/mol. The van der Waals surface area contributed by atoms with Gasteiger partial charge in [0.1, 0.15) is 5.76 Å². The van der Waals surface area contributed by atoms with Crippen LogP contribution in [0.1, 0.15) is 21.7 Å². The first-order chi connectivity index (χ1) is 13.6. The fraction of sp³-hybridized carbons (Fsp3) is 0.182. The molecule has 2 amide bonds. The Morgan fingerprint density at radius 3 is 2.39 bits per heavy atom. The molecule has 0 saturated carbocycles. The van der Waals surface area contributed by atoms with Gasteiger partial charge in [-0.3, -0.25) is 14.5 Å². The lowest BCUT2D eigenvalue weighted by atomic mass is 10.2. The molecule has 0 atom stereocenters. The molecule has 3 aromatic rings. The number of nitrogens with zero attached hydrogens (tertiary/aromatic N) is 1. The summed E-state index contributed by atoms with van der Waals surface area (Å²) < 4.78 is 5.19. The van der Waals surface area contributed by atoms with E-state index in [4.69, 9.17) is 4.42 Å². The van der Waals surface area contributed by atoms with Gasteiger partial charge >= 0.3 is 0 Å². The van der Waals surface area contributed by atoms with E-state index in [2.05, 4.69) is 10.6 Å². The summed E-state index contributed by atoms with van der Waals surface area (Å²) in [6, 6.07) is 20.4. The van der Waals surface area contributed by atoms with E-state index in [-0.39, 0.29) is 18.4 Å². The van der Waals surface area contributed by atoms with Crippen LogP contribution in [0.2, 0.25) is 0 Å². The maximum atomic E-state index is 12.2. The summed E-state index contributed by atoms with van der Waals surface area (Å²) in [5, 5.41) is 5.64. The number of hydrogen-bond acceptors (Lipinski definition) is 4. The third kappa shape index (κ3) is 5.82. The molecule has 0 spiro atoms. The Hall–Kier alpha value is -3.38. The molecule has 0 aliphatic carbocycles. The topological polar surface area (TPSA) is 74.6 Å². The monoisotopic (exact) mass is 377 g/mol. The van der Waals surface area contributed by atoms with E-state index >= 15 is 0 Å². The molecule has 0 fully saturated rings. The molecule has 1 aromatic heterocycles. The summed E-state index contributed by atoms with van der Waals surface area (Å²) in [4.78, 5) is 26.3. The highest BCUT2D eigenvalue weighted by Gasteiger charge is 2.09. The molecule has 6 heteroatoms. The molecule has 1 heterocycles. The van der Waals surface area contributed by atoms with Crippen molar-refractivity contribution in [2.75, 3.05) is 18.9 Å². The van der Waals surface area contributed by atoms with Crippen LogP contribution in [0.15, 0.2) is 77.4 Å². The molecule has 2 N–H and O–H groups in total. The number of hydrogen-bond donors (Lipinski definition) is 2. The largest absolute Gasteiger partial charge is 0.467 e. The van der Waals surface area contributed by atoms with Crippen LogP contribution in [0.4, 0.5) is 5.69 Å². The molecule has 3 rings (SSSR count). The van der Waals surface area contributed by atoms with Crippen LogP contribution in [0.25, 0.3) is 0 Å². The normalized spacial score (nSPS) is 10.6. The smallest absolute Gasteiger partial charge is 0.251 e. The molecule has 0 aliphatic heterocycles. The summed E-state index contributed by atoms with van der Waals surface area (Å²) in [5.74, 6) is 0.391. The molecule has 0 unspecified atom stereocenters. The number of likely N-dealkylation sites (N-methyl/N-ethyl adjacent to an activating group) is 1. The van der Waals surface area contributed by atoms with Gasteiger partial charge in [0.15, 0.2) is 0 Å². The van der Waals surface area contributed by atoms with Gasteiger partial charge in [-0.25, -0.2) is 0 Å². The van der Waals surface area contributed by atoms with E-state index < -0.39 is 0 Å². The van der Waals surface area contributed by atoms with Crippen molar-refractivity contribution in [1.82, 2.24) is 10.2 Å². The first kappa shape index (κ1) is 19.4. The van der Waals surface area contributed by atoms with Crippen molar-refractivity contribution in [2.45, 2.75) is 13.1 Å². The maximum absolute atomic E-state index is 12.2. The standard InChI is InChI=1S/C22H23N3O3/c1-25(15-17-6-3-2-4-7-17)16-21(26)24-19-11-9-18(10-12-19)22(27)23-14-20-8-5-13-28-20/h2-13H,14-16H2,1H3,(H,23,27)(H,24,26). The van der Waals surface area contributed by atoms with Crippen molar-refractivity contribution in [3.8, 4) is 0 Å². The van der Waals surface area contributed by atoms with Gasteiger partial charge in [0.2, 0.25) is 5.91 Å². The molecular formula is C22H23N3O3. The number of benzene rings is 2. The zero-order valence-corrected chi connectivity index (χ0v) is 15.7. The van der Waals surface area contributed by atoms with E-state index in [0.717, 1.165) is 5.56 Å². The Balaban J connectivity index is 1.46. The van der Waals surface area contributed by atoms with Crippen LogP contribution in [0.5, 0.6) is 0 Å². The van der Waals surface area contributed by atoms with Gasteiger partial charge in [-0.15, -0.1) is 0 Å². The van der Waals surface area contributed by atoms with Crippen LogP contribution in [0.3, 0.4) is 0 Å². The first-order valence-electron chi connectivity index (χ1n) is 9.03. The van der Waals surface area contributed by atoms with Crippen molar-refractivity contribution >= 4 is 17.5 Å². The molecule has 0 bridgehead atoms. The van der Waals surface area contributed by atoms with E-state index in [1.165, 1.54) is 0 Å². The summed E-state index contributed by atoms with van der Waals surface area (Å²) in [6.45, 7) is 1.31. The predicted molar refractivity (Wildman–Crippen MR) is 108 cm³/mol. The average Bonchev–Trinajstić information content (AvgIpc) is 3.21. The number of nitrogens with one attached hydrogen (secondary N) is 2. The highest BCUT2D eigenvalue weighted by molar-refractivity contribution is 5.96. The predicted octanol–water partition coefficient (Wildman–Crippen LogP) is 3.28. The third-order valence-corrected chi connectivity index (χ3v) is 4.14. The molecule has 6 nitrogen and oxygen atoms in total. The number of rotatable bonds is 8. The summed E-state index contributed by atoms with van der Waals surface area (Å²) in [5.41, 5.74) is 2.33. The van der Waals surface area contributed by atoms with Gasteiger partial charge in [-0.1, -0.05) is 30.3 Å². The molecule has 144 valence electrons. The lowest BCUT2D eigenvalue weighted by Crippen LogP contribution is -2.29. The summed E-state index contributed by atoms with van der Waals surface area (Å²) in [6.07, 6.45) is 1.57. The van der Waals surface area contributed by atoms with Gasteiger partial charge < -0.3 is 15.1 Å². The van der Waals surface area contributed by atoms with Gasteiger partial charge in [-0.2, -0.15) is 0 Å². The number of carbonyl (C=O) groups is 2. The molecule has 0 aliphatic rings. The first-order valence-corrected chi connectivity index (χ1v) is 9.03. The van der Waals surface area contributed by atoms with Gasteiger partial charge in [0.05, 0.1) is 19.4 Å². The van der Waals surface area contributed by atoms with Crippen LogP contribution < -0.4 is 10.6 Å². The SMILES string of the molecule is CN(CC(=O)Nc1ccc(C(=O)NCc2ccco2)cc1)Cc1ccccc1. The lowest BCUT2D eigenvalue weighted by molar-refractivity contribution is -0.117. The lowest BCUT2D eigenvalue weighted by Gasteiger charge is -2.16. The van der Waals surface area contributed by atoms with E-state index in [9.17, 15) is 9.59 Å². The van der Waals surface area contributed by atoms with Crippen molar-refractivity contribution in [2.24, 2.45) is 0 Å². The maximum Gasteiger partial charge on any atom is 0.251 e. The molecule has 0 saturated heterocycles. The third-order valence-electron chi connectivity index (χ3n) is 4.14. The fourth-order valence-corrected chi connectivity index (χ4v) is 2.78. The Morgan fingerprint density at radius 1 is 0.964 bits per heavy atom. The van der Waals surface area contributed by atoms with Crippen LogP contribution in [0, 0.1) is 0 Å². The van der Waals surface area contributed by atoms with E-state index in [0.29, 0.717) is 30.1 Å². The second-order valence-electron chi connectivity index (χ2n) is 6.55. The van der Waals surface area contributed by atoms with E-state index in [1.54, 1.807) is 42.7 Å². The number of amides is 2. The van der Waals surface area contributed by atoms with E-state index in [1.807, 2.05) is 42.3 Å².